The zero-order valence-electron chi connectivity index (χ0n) is 38.8. The molecule has 0 saturated heterocycles. The first-order valence-electron chi connectivity index (χ1n) is 22.7. The van der Waals surface area contributed by atoms with Gasteiger partial charge >= 0.3 is 6.09 Å². The number of carbonyl (C=O) groups is 6. The molecule has 5 aromatic carbocycles. The van der Waals surface area contributed by atoms with E-state index >= 15 is 9.59 Å². The van der Waals surface area contributed by atoms with E-state index in [0.717, 1.165) is 0 Å². The van der Waals surface area contributed by atoms with E-state index in [1.807, 2.05) is 60.7 Å². The Morgan fingerprint density at radius 2 is 1.24 bits per heavy atom. The summed E-state index contributed by atoms with van der Waals surface area (Å²) >= 11 is 19.2. The number of hydrogen-bond acceptors (Lipinski definition) is 10. The van der Waals surface area contributed by atoms with Gasteiger partial charge in [0.1, 0.15) is 37.1 Å². The second-order valence-electron chi connectivity index (χ2n) is 16.8. The van der Waals surface area contributed by atoms with E-state index in [4.69, 9.17) is 61.5 Å². The molecule has 0 fully saturated rings. The van der Waals surface area contributed by atoms with Crippen molar-refractivity contribution in [3.05, 3.63) is 170 Å². The molecule has 0 aliphatic carbocycles. The second kappa shape index (κ2) is 27.0. The van der Waals surface area contributed by atoms with Gasteiger partial charge < -0.3 is 42.6 Å². The molecule has 18 heteroatoms. The Hall–Kier alpha value is -6.49. The van der Waals surface area contributed by atoms with Gasteiger partial charge in [0.15, 0.2) is 0 Å². The summed E-state index contributed by atoms with van der Waals surface area (Å²) in [6.07, 6.45) is -0.743. The number of unbranched alkanes of at least 4 members (excludes halogenated alkanes) is 1. The third kappa shape index (κ3) is 15.8. The summed E-state index contributed by atoms with van der Waals surface area (Å²) in [6.45, 7) is 3.26. The topological polar surface area (TPSA) is 238 Å². The number of nitrogens with one attached hydrogen (secondary N) is 3. The van der Waals surface area contributed by atoms with E-state index in [0.29, 0.717) is 67.9 Å². The molecule has 0 saturated carbocycles. The molecule has 0 aliphatic heterocycles. The van der Waals surface area contributed by atoms with Gasteiger partial charge in [0.25, 0.3) is 5.91 Å². The van der Waals surface area contributed by atoms with Crippen LogP contribution in [0.25, 0.3) is 0 Å². The Bertz CT molecular complexity index is 2500. The number of imide groups is 1. The Morgan fingerprint density at radius 1 is 0.657 bits per heavy atom. The summed E-state index contributed by atoms with van der Waals surface area (Å²) in [4.78, 5) is 85.5. The van der Waals surface area contributed by atoms with Crippen molar-refractivity contribution in [2.45, 2.75) is 89.4 Å². The van der Waals surface area contributed by atoms with Crippen LogP contribution in [0.4, 0.5) is 4.79 Å². The van der Waals surface area contributed by atoms with Crippen LogP contribution in [0.3, 0.4) is 0 Å². The zero-order valence-corrected chi connectivity index (χ0v) is 41.1. The van der Waals surface area contributed by atoms with Crippen molar-refractivity contribution in [2.75, 3.05) is 6.54 Å². The molecule has 0 spiro atoms. The molecule has 5 aromatic rings. The number of hydrogen-bond donors (Lipinski definition) is 6. The van der Waals surface area contributed by atoms with Crippen LogP contribution in [0.15, 0.2) is 127 Å². The van der Waals surface area contributed by atoms with Crippen LogP contribution in [0.5, 0.6) is 5.75 Å². The minimum absolute atomic E-state index is 0.0523. The largest absolute Gasteiger partial charge is 0.489 e. The van der Waals surface area contributed by atoms with Crippen molar-refractivity contribution in [2.24, 2.45) is 23.1 Å². The van der Waals surface area contributed by atoms with Gasteiger partial charge in [-0.3, -0.25) is 24.0 Å². The Morgan fingerprint density at radius 3 is 1.81 bits per heavy atom. The maximum absolute atomic E-state index is 15.3. The van der Waals surface area contributed by atoms with Crippen molar-refractivity contribution in [1.82, 2.24) is 20.9 Å². The number of nitrogens with two attached hydrogens (primary N) is 3. The lowest BCUT2D eigenvalue weighted by atomic mass is 9.96. The van der Waals surface area contributed by atoms with Crippen molar-refractivity contribution >= 4 is 70.4 Å². The highest BCUT2D eigenvalue weighted by molar-refractivity contribution is 6.36. The SMILES string of the molecule is CC(C)[C@H](NC(=O)[C@H](CC(N)=O)NC(=O)[C@@H](N)CCCCN)C(=O)N(C(=O)OCc1ccccc1Cl)[C@@H](Cc1ccc(OCc2c(Cl)cccc2Cl)cc1)C(=O)NC(c1ccccc1)c1ccccc1. The van der Waals surface area contributed by atoms with E-state index in [1.165, 1.54) is 0 Å². The fourth-order valence-electron chi connectivity index (χ4n) is 7.40. The number of carbonyl (C=O) groups excluding carboxylic acids is 6. The number of amides is 6. The molecule has 0 bridgehead atoms. The van der Waals surface area contributed by atoms with Crippen molar-refractivity contribution < 1.29 is 38.2 Å². The summed E-state index contributed by atoms with van der Waals surface area (Å²) in [5.41, 5.74) is 20.1. The Kier molecular flexibility index (Phi) is 21.0. The van der Waals surface area contributed by atoms with E-state index < -0.39 is 84.8 Å². The fourth-order valence-corrected chi connectivity index (χ4v) is 8.10. The normalized spacial score (nSPS) is 12.8. The molecule has 0 aliphatic rings. The van der Waals surface area contributed by atoms with Gasteiger partial charge in [-0.15, -0.1) is 0 Å². The van der Waals surface area contributed by atoms with E-state index in [-0.39, 0.29) is 24.5 Å². The van der Waals surface area contributed by atoms with Crippen LogP contribution in [0, 0.1) is 5.92 Å². The number of benzene rings is 5. The highest BCUT2D eigenvalue weighted by Crippen LogP contribution is 2.28. The average Bonchev–Trinajstić information content (AvgIpc) is 3.34. The van der Waals surface area contributed by atoms with Crippen LogP contribution in [-0.4, -0.2) is 71.2 Å². The van der Waals surface area contributed by atoms with Crippen molar-refractivity contribution in [1.29, 1.82) is 0 Å². The Balaban J connectivity index is 1.56. The summed E-state index contributed by atoms with van der Waals surface area (Å²) in [6, 6.07) is 30.1. The van der Waals surface area contributed by atoms with Gasteiger partial charge in [-0.05, 0) is 72.3 Å². The predicted molar refractivity (Wildman–Crippen MR) is 269 cm³/mol. The summed E-state index contributed by atoms with van der Waals surface area (Å²) in [5, 5.41) is 9.33. The second-order valence-corrected chi connectivity index (χ2v) is 18.0. The summed E-state index contributed by atoms with van der Waals surface area (Å²) in [5.74, 6) is -4.76. The summed E-state index contributed by atoms with van der Waals surface area (Å²) in [7, 11) is 0. The minimum Gasteiger partial charge on any atom is -0.489 e. The van der Waals surface area contributed by atoms with Gasteiger partial charge in [0.2, 0.25) is 23.6 Å². The maximum atomic E-state index is 15.3. The molecule has 15 nitrogen and oxygen atoms in total. The Labute approximate surface area is 422 Å². The van der Waals surface area contributed by atoms with Gasteiger partial charge in [0, 0.05) is 32.6 Å². The molecule has 0 aromatic heterocycles. The minimum atomic E-state index is -1.64. The predicted octanol–water partition coefficient (Wildman–Crippen LogP) is 7.17. The van der Waals surface area contributed by atoms with Crippen LogP contribution >= 0.6 is 34.8 Å². The molecular weight excluding hydrogens is 957 g/mol. The third-order valence-corrected chi connectivity index (χ3v) is 12.4. The lowest BCUT2D eigenvalue weighted by molar-refractivity contribution is -0.143. The highest BCUT2D eigenvalue weighted by atomic mass is 35.5. The quantitative estimate of drug-likeness (QED) is 0.0341. The number of halogens is 3. The molecule has 70 heavy (non-hydrogen) atoms. The van der Waals surface area contributed by atoms with E-state index in [1.54, 1.807) is 80.6 Å². The van der Waals surface area contributed by atoms with E-state index in [2.05, 4.69) is 16.0 Å². The summed E-state index contributed by atoms with van der Waals surface area (Å²) < 4.78 is 11.8. The monoisotopic (exact) mass is 1010 g/mol. The van der Waals surface area contributed by atoms with Crippen LogP contribution in [0.2, 0.25) is 15.1 Å². The van der Waals surface area contributed by atoms with Gasteiger partial charge in [-0.1, -0.05) is 152 Å². The number of nitrogens with zero attached hydrogens (tertiary/aromatic N) is 1. The van der Waals surface area contributed by atoms with E-state index in [9.17, 15) is 19.2 Å². The molecule has 0 unspecified atom stereocenters. The first kappa shape index (κ1) is 54.5. The number of rotatable bonds is 24. The molecule has 0 radical (unpaired) electrons. The smallest absolute Gasteiger partial charge is 0.417 e. The molecule has 5 rings (SSSR count). The van der Waals surface area contributed by atoms with Crippen LogP contribution < -0.4 is 37.9 Å². The van der Waals surface area contributed by atoms with Crippen LogP contribution in [0.1, 0.15) is 73.4 Å². The zero-order chi connectivity index (χ0) is 50.7. The standard InChI is InChI=1S/C52H58Cl3N7O8/c1-32(2)46(60-49(65)43(29-45(58)63)59-48(64)42(57)22-11-12-27-56)51(67)62(52(68)70-30-36-18-9-10-19-39(36)53)44(50(66)61-47(34-14-5-3-6-15-34)35-16-7-4-8-17-35)28-33-23-25-37(26-24-33)69-31-38-40(54)20-13-21-41(38)55/h3-10,13-21,23-26,32,42-44,46-47H,11-12,22,27-31,56-57H2,1-2H3,(H2,58,63)(H,59,64)(H,60,65)(H,61,66)/t42-,43-,44-,46-/m0/s1. The first-order valence-corrected chi connectivity index (χ1v) is 23.8. The average molecular weight is 1020 g/mol. The molecule has 0 heterocycles. The molecule has 9 N–H and O–H groups in total. The maximum Gasteiger partial charge on any atom is 0.417 e. The lowest BCUT2D eigenvalue weighted by Crippen LogP contribution is -2.62. The van der Waals surface area contributed by atoms with Crippen molar-refractivity contribution in [3.8, 4) is 5.75 Å². The number of primary amides is 1. The van der Waals surface area contributed by atoms with Crippen LogP contribution in [-0.2, 0) is 48.3 Å². The van der Waals surface area contributed by atoms with Gasteiger partial charge in [-0.25, -0.2) is 9.69 Å². The fraction of sp³-hybridized carbons (Fsp3) is 0.308. The first-order chi connectivity index (χ1) is 33.6. The molecule has 370 valence electrons. The molecule has 6 amide bonds. The highest BCUT2D eigenvalue weighted by Gasteiger charge is 2.42. The molecule has 4 atom stereocenters. The number of ether oxygens (including phenoxy) is 2. The van der Waals surface area contributed by atoms with Gasteiger partial charge in [-0.2, -0.15) is 0 Å². The molecular formula is C52H58Cl3N7O8. The third-order valence-electron chi connectivity index (χ3n) is 11.3. The van der Waals surface area contributed by atoms with Crippen molar-refractivity contribution in [3.63, 3.8) is 0 Å². The lowest BCUT2D eigenvalue weighted by Gasteiger charge is -2.34. The van der Waals surface area contributed by atoms with Gasteiger partial charge in [0.05, 0.1) is 18.5 Å².